The van der Waals surface area contributed by atoms with E-state index in [1.807, 2.05) is 0 Å². The van der Waals surface area contributed by atoms with Crippen molar-refractivity contribution in [2.45, 2.75) is 30.6 Å². The van der Waals surface area contributed by atoms with Crippen molar-refractivity contribution >= 4 is 7.82 Å². The van der Waals surface area contributed by atoms with Crippen molar-refractivity contribution in [2.75, 3.05) is 6.61 Å². The molecular formula is C6H14NO8P. The average molecular weight is 259 g/mol. The lowest BCUT2D eigenvalue weighted by Crippen LogP contribution is -2.62. The van der Waals surface area contributed by atoms with Gasteiger partial charge in [0, 0.05) is 0 Å². The molecule has 0 bridgehead atoms. The third-order valence-electron chi connectivity index (χ3n) is 2.18. The van der Waals surface area contributed by atoms with Crippen LogP contribution in [-0.4, -0.2) is 62.4 Å². The van der Waals surface area contributed by atoms with Crippen LogP contribution in [0, 0.1) is 0 Å². The monoisotopic (exact) mass is 259 g/mol. The van der Waals surface area contributed by atoms with Crippen LogP contribution >= 0.6 is 7.82 Å². The van der Waals surface area contributed by atoms with Gasteiger partial charge in [0.2, 0.25) is 0 Å². The molecule has 0 aliphatic carbocycles. The maximum atomic E-state index is 10.5. The number of aliphatic hydroxyl groups excluding tert-OH is 3. The maximum Gasteiger partial charge on any atom is 0.472 e. The lowest BCUT2D eigenvalue weighted by molar-refractivity contribution is -0.251. The van der Waals surface area contributed by atoms with Crippen LogP contribution in [0.5, 0.6) is 0 Å². The summed E-state index contributed by atoms with van der Waals surface area (Å²) in [6.45, 7) is -0.622. The lowest BCUT2D eigenvalue weighted by atomic mass is 9.97. The molecule has 1 aliphatic rings. The highest BCUT2D eigenvalue weighted by atomic mass is 31.2. The molecule has 1 rings (SSSR count). The summed E-state index contributed by atoms with van der Waals surface area (Å²) in [5.74, 6) is 0. The Labute approximate surface area is 90.6 Å². The molecule has 0 aromatic heterocycles. The number of rotatable bonds is 3. The molecule has 7 N–H and O–H groups in total. The molecule has 10 heteroatoms. The molecule has 1 fully saturated rings. The first-order valence-corrected chi connectivity index (χ1v) is 5.91. The van der Waals surface area contributed by atoms with Gasteiger partial charge in [-0.25, -0.2) is 4.57 Å². The molecule has 0 amide bonds. The number of ether oxygens (including phenoxy) is 1. The maximum absolute atomic E-state index is 10.5. The summed E-state index contributed by atoms with van der Waals surface area (Å²) in [6.07, 6.45) is -5.83. The fraction of sp³-hybridized carbons (Fsp3) is 1.00. The van der Waals surface area contributed by atoms with Gasteiger partial charge in [0.1, 0.15) is 18.3 Å². The van der Waals surface area contributed by atoms with Gasteiger partial charge >= 0.3 is 7.82 Å². The van der Waals surface area contributed by atoms with Crippen LogP contribution in [0.4, 0.5) is 0 Å². The van der Waals surface area contributed by atoms with Crippen LogP contribution in [0.3, 0.4) is 0 Å². The number of nitrogens with two attached hydrogens (primary N) is 1. The molecule has 16 heavy (non-hydrogen) atoms. The highest BCUT2D eigenvalue weighted by molar-refractivity contribution is 7.46. The molecule has 0 spiro atoms. The highest BCUT2D eigenvalue weighted by Crippen LogP contribution is 2.40. The van der Waals surface area contributed by atoms with Gasteiger partial charge in [-0.15, -0.1) is 0 Å². The first-order chi connectivity index (χ1) is 7.26. The van der Waals surface area contributed by atoms with Gasteiger partial charge in [0.05, 0.1) is 12.6 Å². The average Bonchev–Trinajstić information content (AvgIpc) is 2.17. The fourth-order valence-corrected chi connectivity index (χ4v) is 1.78. The van der Waals surface area contributed by atoms with E-state index in [2.05, 4.69) is 4.52 Å². The fourth-order valence-electron chi connectivity index (χ4n) is 1.34. The molecule has 0 aromatic rings. The Morgan fingerprint density at radius 3 is 2.31 bits per heavy atom. The minimum atomic E-state index is -4.86. The first kappa shape index (κ1) is 14.0. The van der Waals surface area contributed by atoms with Crippen LogP contribution in [0.1, 0.15) is 0 Å². The Kier molecular flexibility index (Phi) is 4.41. The molecule has 96 valence electrons. The summed E-state index contributed by atoms with van der Waals surface area (Å²) in [7, 11) is -4.86. The molecule has 1 heterocycles. The molecule has 5 atom stereocenters. The minimum Gasteiger partial charge on any atom is -0.394 e. The second-order valence-electron chi connectivity index (χ2n) is 3.38. The zero-order chi connectivity index (χ0) is 12.5. The van der Waals surface area contributed by atoms with Gasteiger partial charge < -0.3 is 35.6 Å². The van der Waals surface area contributed by atoms with Crippen molar-refractivity contribution < 1.29 is 38.9 Å². The van der Waals surface area contributed by atoms with Gasteiger partial charge in [0.15, 0.2) is 6.29 Å². The number of hydrogen-bond acceptors (Lipinski definition) is 7. The SMILES string of the molecule is N[C@@H]1[C@@H](O)[C@@H](OP(=O)(O)O)O[C@H](CO)[C@H]1O. The Morgan fingerprint density at radius 1 is 1.31 bits per heavy atom. The van der Waals surface area contributed by atoms with E-state index in [9.17, 15) is 14.8 Å². The molecule has 0 saturated carbocycles. The van der Waals surface area contributed by atoms with Crippen molar-refractivity contribution in [3.05, 3.63) is 0 Å². The summed E-state index contributed by atoms with van der Waals surface area (Å²) >= 11 is 0. The largest absolute Gasteiger partial charge is 0.472 e. The minimum absolute atomic E-state index is 0.622. The van der Waals surface area contributed by atoms with E-state index in [-0.39, 0.29) is 0 Å². The second kappa shape index (κ2) is 5.05. The van der Waals surface area contributed by atoms with Crippen molar-refractivity contribution in [1.82, 2.24) is 0 Å². The van der Waals surface area contributed by atoms with Gasteiger partial charge in [-0.05, 0) is 0 Å². The Hall–Kier alpha value is -0.0900. The van der Waals surface area contributed by atoms with E-state index in [1.165, 1.54) is 0 Å². The van der Waals surface area contributed by atoms with Crippen molar-refractivity contribution in [2.24, 2.45) is 5.73 Å². The molecule has 1 saturated heterocycles. The van der Waals surface area contributed by atoms with E-state index in [0.29, 0.717) is 0 Å². The van der Waals surface area contributed by atoms with Crippen molar-refractivity contribution in [1.29, 1.82) is 0 Å². The zero-order valence-electron chi connectivity index (χ0n) is 8.08. The van der Waals surface area contributed by atoms with Crippen LogP contribution in [0.15, 0.2) is 0 Å². The summed E-state index contributed by atoms with van der Waals surface area (Å²) < 4.78 is 19.4. The van der Waals surface area contributed by atoms with Gasteiger partial charge in [-0.1, -0.05) is 0 Å². The molecule has 0 unspecified atom stereocenters. The summed E-state index contributed by atoms with van der Waals surface area (Å²) in [4.78, 5) is 17.1. The van der Waals surface area contributed by atoms with E-state index >= 15 is 0 Å². The van der Waals surface area contributed by atoms with Crippen molar-refractivity contribution in [3.8, 4) is 0 Å². The number of hydrogen-bond donors (Lipinski definition) is 6. The quantitative estimate of drug-likeness (QED) is 0.287. The molecule has 1 aliphatic heterocycles. The van der Waals surface area contributed by atoms with E-state index in [0.717, 1.165) is 0 Å². The summed E-state index contributed by atoms with van der Waals surface area (Å²) in [6, 6.07) is -1.23. The van der Waals surface area contributed by atoms with Gasteiger partial charge in [-0.3, -0.25) is 4.52 Å². The highest BCUT2D eigenvalue weighted by Gasteiger charge is 2.45. The molecule has 0 radical (unpaired) electrons. The second-order valence-corrected chi connectivity index (χ2v) is 4.57. The van der Waals surface area contributed by atoms with Gasteiger partial charge in [-0.2, -0.15) is 0 Å². The number of phosphoric acid groups is 1. The first-order valence-electron chi connectivity index (χ1n) is 4.38. The molecular weight excluding hydrogens is 245 g/mol. The Morgan fingerprint density at radius 2 is 1.88 bits per heavy atom. The normalized spacial score (nSPS) is 41.0. The predicted molar refractivity (Wildman–Crippen MR) is 48.9 cm³/mol. The lowest BCUT2D eigenvalue weighted by Gasteiger charge is -2.40. The van der Waals surface area contributed by atoms with E-state index in [4.69, 9.17) is 25.4 Å². The van der Waals surface area contributed by atoms with Crippen LogP contribution in [0.25, 0.3) is 0 Å². The zero-order valence-corrected chi connectivity index (χ0v) is 8.97. The Balaban J connectivity index is 2.75. The smallest absolute Gasteiger partial charge is 0.394 e. The standard InChI is InChI=1S/C6H14NO8P/c7-3-4(9)2(1-8)14-6(5(3)10)15-16(11,12)13/h2-6,8-10H,1,7H2,(H2,11,12,13)/t2-,3+,4-,5-,6-/m1/s1. The number of aliphatic hydroxyl groups is 3. The third-order valence-corrected chi connectivity index (χ3v) is 2.66. The topological polar surface area (TPSA) is 163 Å². The third kappa shape index (κ3) is 3.20. The molecule has 0 aromatic carbocycles. The van der Waals surface area contributed by atoms with Crippen LogP contribution in [0.2, 0.25) is 0 Å². The van der Waals surface area contributed by atoms with Gasteiger partial charge in [0.25, 0.3) is 0 Å². The molecule has 9 nitrogen and oxygen atoms in total. The van der Waals surface area contributed by atoms with Crippen LogP contribution in [-0.2, 0) is 13.8 Å². The summed E-state index contributed by atoms with van der Waals surface area (Å²) in [5.41, 5.74) is 5.37. The van der Waals surface area contributed by atoms with Crippen LogP contribution < -0.4 is 5.73 Å². The van der Waals surface area contributed by atoms with E-state index < -0.39 is 45.1 Å². The number of phosphoric ester groups is 1. The summed E-state index contributed by atoms with van der Waals surface area (Å²) in [5, 5.41) is 27.6. The van der Waals surface area contributed by atoms with E-state index in [1.54, 1.807) is 0 Å². The predicted octanol–water partition coefficient (Wildman–Crippen LogP) is -3.14. The van der Waals surface area contributed by atoms with Crippen molar-refractivity contribution in [3.63, 3.8) is 0 Å². The Bertz CT molecular complexity index is 280.